The van der Waals surface area contributed by atoms with Gasteiger partial charge >= 0.3 is 0 Å². The molecule has 0 fully saturated rings. The van der Waals surface area contributed by atoms with Crippen molar-refractivity contribution in [3.8, 4) is 0 Å². The van der Waals surface area contributed by atoms with Crippen molar-refractivity contribution in [3.63, 3.8) is 0 Å². The summed E-state index contributed by atoms with van der Waals surface area (Å²) in [6.07, 6.45) is 3.69. The van der Waals surface area contributed by atoms with Gasteiger partial charge in [-0.2, -0.15) is 5.10 Å². The third kappa shape index (κ3) is 4.79. The summed E-state index contributed by atoms with van der Waals surface area (Å²) in [4.78, 5) is 0. The number of aromatic nitrogens is 2. The zero-order chi connectivity index (χ0) is 14.3. The largest absolute Gasteiger partial charge is 0.381 e. The molecule has 4 nitrogen and oxygen atoms in total. The lowest BCUT2D eigenvalue weighted by atomic mass is 10.1. The third-order valence-electron chi connectivity index (χ3n) is 2.96. The topological polar surface area (TPSA) is 39.1 Å². The summed E-state index contributed by atoms with van der Waals surface area (Å²) in [5.74, 6) is 0. The minimum atomic E-state index is 0.194. The van der Waals surface area contributed by atoms with Crippen LogP contribution in [0.15, 0.2) is 6.20 Å². The summed E-state index contributed by atoms with van der Waals surface area (Å²) >= 11 is 6.30. The average Bonchev–Trinajstić information content (AvgIpc) is 2.75. The summed E-state index contributed by atoms with van der Waals surface area (Å²) < 4.78 is 7.58. The summed E-state index contributed by atoms with van der Waals surface area (Å²) in [6, 6.07) is 0.500. The Morgan fingerprint density at radius 3 is 2.68 bits per heavy atom. The Labute approximate surface area is 121 Å². The second kappa shape index (κ2) is 8.56. The highest BCUT2D eigenvalue weighted by atomic mass is 35.5. The van der Waals surface area contributed by atoms with Gasteiger partial charge < -0.3 is 10.1 Å². The molecule has 110 valence electrons. The molecular weight excluding hydrogens is 262 g/mol. The van der Waals surface area contributed by atoms with Gasteiger partial charge in [-0.15, -0.1) is 0 Å². The molecule has 0 spiro atoms. The van der Waals surface area contributed by atoms with Crippen LogP contribution in [-0.4, -0.2) is 29.5 Å². The fraction of sp³-hybridized carbons (Fsp3) is 0.786. The van der Waals surface area contributed by atoms with E-state index in [1.165, 1.54) is 0 Å². The Balaban J connectivity index is 2.77. The van der Waals surface area contributed by atoms with Crippen molar-refractivity contribution in [2.45, 2.75) is 52.6 Å². The van der Waals surface area contributed by atoms with Gasteiger partial charge in [-0.1, -0.05) is 25.4 Å². The number of rotatable bonds is 9. The maximum atomic E-state index is 6.30. The van der Waals surface area contributed by atoms with Crippen LogP contribution >= 0.6 is 11.6 Å². The number of nitrogens with one attached hydrogen (secondary N) is 1. The molecule has 0 saturated heterocycles. The normalized spacial score (nSPS) is 13.2. The molecule has 19 heavy (non-hydrogen) atoms. The Hall–Kier alpha value is -0.580. The molecule has 0 saturated carbocycles. The van der Waals surface area contributed by atoms with Gasteiger partial charge in [0.2, 0.25) is 0 Å². The molecule has 1 unspecified atom stereocenters. The van der Waals surface area contributed by atoms with Crippen LogP contribution in [0.4, 0.5) is 0 Å². The first-order valence-electron chi connectivity index (χ1n) is 7.15. The number of hydrogen-bond donors (Lipinski definition) is 1. The minimum absolute atomic E-state index is 0.194. The second-order valence-electron chi connectivity index (χ2n) is 4.93. The predicted octanol–water partition coefficient (Wildman–Crippen LogP) is 3.58. The van der Waals surface area contributed by atoms with Crippen LogP contribution in [-0.2, 0) is 4.74 Å². The first-order valence-corrected chi connectivity index (χ1v) is 7.53. The van der Waals surface area contributed by atoms with Crippen molar-refractivity contribution in [1.82, 2.24) is 15.1 Å². The molecule has 0 aliphatic rings. The first kappa shape index (κ1) is 16.5. The number of hydrogen-bond acceptors (Lipinski definition) is 3. The van der Waals surface area contributed by atoms with Crippen molar-refractivity contribution >= 4 is 11.6 Å². The van der Waals surface area contributed by atoms with Crippen LogP contribution in [0, 0.1) is 0 Å². The van der Waals surface area contributed by atoms with Gasteiger partial charge in [0.15, 0.2) is 0 Å². The molecule has 1 rings (SSSR count). The molecule has 1 N–H and O–H groups in total. The standard InChI is InChI=1S/C14H26ClN3O/c1-5-8-19-9-7-13(16-6-2)14-12(15)10-17-18(14)11(3)4/h10-11,13,16H,5-9H2,1-4H3. The lowest BCUT2D eigenvalue weighted by molar-refractivity contribution is 0.123. The third-order valence-corrected chi connectivity index (χ3v) is 3.25. The van der Waals surface area contributed by atoms with E-state index in [9.17, 15) is 0 Å². The summed E-state index contributed by atoms with van der Waals surface area (Å²) in [7, 11) is 0. The van der Waals surface area contributed by atoms with Crippen LogP contribution in [0.25, 0.3) is 0 Å². The monoisotopic (exact) mass is 287 g/mol. The maximum absolute atomic E-state index is 6.30. The van der Waals surface area contributed by atoms with E-state index < -0.39 is 0 Å². The molecule has 0 aliphatic carbocycles. The molecule has 5 heteroatoms. The highest BCUT2D eigenvalue weighted by Crippen LogP contribution is 2.27. The summed E-state index contributed by atoms with van der Waals surface area (Å²) in [6.45, 7) is 10.9. The summed E-state index contributed by atoms with van der Waals surface area (Å²) in [5, 5.41) is 8.57. The van der Waals surface area contributed by atoms with Gasteiger partial charge in [-0.05, 0) is 33.2 Å². The van der Waals surface area contributed by atoms with Crippen LogP contribution in [0.3, 0.4) is 0 Å². The van der Waals surface area contributed by atoms with E-state index in [0.717, 1.165) is 43.3 Å². The molecule has 1 atom stereocenters. The molecule has 0 amide bonds. The minimum Gasteiger partial charge on any atom is -0.381 e. The quantitative estimate of drug-likeness (QED) is 0.706. The zero-order valence-electron chi connectivity index (χ0n) is 12.4. The Bertz CT molecular complexity index is 366. The lowest BCUT2D eigenvalue weighted by Crippen LogP contribution is -2.26. The molecular formula is C14H26ClN3O. The fourth-order valence-electron chi connectivity index (χ4n) is 2.12. The van der Waals surface area contributed by atoms with Crippen molar-refractivity contribution in [1.29, 1.82) is 0 Å². The smallest absolute Gasteiger partial charge is 0.0834 e. The number of nitrogens with zero attached hydrogens (tertiary/aromatic N) is 2. The van der Waals surface area contributed by atoms with Crippen LogP contribution in [0.1, 0.15) is 58.3 Å². The van der Waals surface area contributed by atoms with Crippen molar-refractivity contribution in [2.24, 2.45) is 0 Å². The zero-order valence-corrected chi connectivity index (χ0v) is 13.2. The van der Waals surface area contributed by atoms with E-state index in [1.54, 1.807) is 6.20 Å². The van der Waals surface area contributed by atoms with Crippen LogP contribution in [0.5, 0.6) is 0 Å². The Morgan fingerprint density at radius 2 is 2.11 bits per heavy atom. The second-order valence-corrected chi connectivity index (χ2v) is 5.33. The highest BCUT2D eigenvalue weighted by molar-refractivity contribution is 6.31. The van der Waals surface area contributed by atoms with Gasteiger partial charge in [-0.25, -0.2) is 0 Å². The fourth-order valence-corrected chi connectivity index (χ4v) is 2.38. The van der Waals surface area contributed by atoms with E-state index in [0.29, 0.717) is 6.04 Å². The van der Waals surface area contributed by atoms with Crippen molar-refractivity contribution in [3.05, 3.63) is 16.9 Å². The van der Waals surface area contributed by atoms with Gasteiger partial charge in [0, 0.05) is 19.3 Å². The van der Waals surface area contributed by atoms with Crippen LogP contribution < -0.4 is 5.32 Å². The molecule has 0 bridgehead atoms. The van der Waals surface area contributed by atoms with E-state index >= 15 is 0 Å². The number of ether oxygens (including phenoxy) is 1. The maximum Gasteiger partial charge on any atom is 0.0834 e. The highest BCUT2D eigenvalue weighted by Gasteiger charge is 2.20. The molecule has 0 aliphatic heterocycles. The Morgan fingerprint density at radius 1 is 1.37 bits per heavy atom. The van der Waals surface area contributed by atoms with Crippen molar-refractivity contribution < 1.29 is 4.74 Å². The van der Waals surface area contributed by atoms with E-state index in [-0.39, 0.29) is 6.04 Å². The molecule has 1 heterocycles. The van der Waals surface area contributed by atoms with Gasteiger partial charge in [0.05, 0.1) is 23.0 Å². The predicted molar refractivity (Wildman–Crippen MR) is 79.8 cm³/mol. The SMILES string of the molecule is CCCOCCC(NCC)c1c(Cl)cnn1C(C)C. The average molecular weight is 288 g/mol. The number of halogens is 1. The van der Waals surface area contributed by atoms with Crippen molar-refractivity contribution in [2.75, 3.05) is 19.8 Å². The van der Waals surface area contributed by atoms with Gasteiger partial charge in [-0.3, -0.25) is 4.68 Å². The first-order chi connectivity index (χ1) is 9.11. The molecule has 0 aromatic carbocycles. The van der Waals surface area contributed by atoms with E-state index in [1.807, 2.05) is 4.68 Å². The van der Waals surface area contributed by atoms with Gasteiger partial charge in [0.1, 0.15) is 0 Å². The molecule has 0 radical (unpaired) electrons. The van der Waals surface area contributed by atoms with Crippen LogP contribution in [0.2, 0.25) is 5.02 Å². The summed E-state index contributed by atoms with van der Waals surface area (Å²) in [5.41, 5.74) is 1.07. The van der Waals surface area contributed by atoms with Gasteiger partial charge in [0.25, 0.3) is 0 Å². The Kier molecular flexibility index (Phi) is 7.42. The van der Waals surface area contributed by atoms with E-state index in [4.69, 9.17) is 16.3 Å². The molecule has 1 aromatic rings. The van der Waals surface area contributed by atoms with E-state index in [2.05, 4.69) is 38.1 Å². The molecule has 1 aromatic heterocycles. The lowest BCUT2D eigenvalue weighted by Gasteiger charge is -2.21.